The highest BCUT2D eigenvalue weighted by Crippen LogP contribution is 2.31. The van der Waals surface area contributed by atoms with Crippen LogP contribution in [0.5, 0.6) is 0 Å². The molecule has 2 saturated heterocycles. The Balaban J connectivity index is 1.27. The molecule has 1 amide bonds. The molecule has 4 nitrogen and oxygen atoms in total. The van der Waals surface area contributed by atoms with Gasteiger partial charge in [0.1, 0.15) is 11.6 Å². The predicted molar refractivity (Wildman–Crippen MR) is 133 cm³/mol. The van der Waals surface area contributed by atoms with Crippen molar-refractivity contribution >= 4 is 5.91 Å². The van der Waals surface area contributed by atoms with Gasteiger partial charge in [0, 0.05) is 32.7 Å². The van der Waals surface area contributed by atoms with E-state index in [2.05, 4.69) is 21.9 Å². The number of piperazine rings is 1. The number of nitrogens with zero attached hydrogens (tertiary/aromatic N) is 3. The number of hydrogen-bond donors (Lipinski definition) is 0. The molecule has 1 atom stereocenters. The Bertz CT molecular complexity index is 1070. The van der Waals surface area contributed by atoms with Crippen molar-refractivity contribution in [3.05, 3.63) is 107 Å². The lowest BCUT2D eigenvalue weighted by Crippen LogP contribution is -2.54. The first-order valence-electron chi connectivity index (χ1n) is 12.4. The summed E-state index contributed by atoms with van der Waals surface area (Å²) in [6, 6.07) is 23.2. The molecule has 0 bridgehead atoms. The van der Waals surface area contributed by atoms with Crippen LogP contribution in [0.25, 0.3) is 0 Å². The van der Waals surface area contributed by atoms with Crippen molar-refractivity contribution in [1.29, 1.82) is 0 Å². The molecule has 2 fully saturated rings. The molecule has 3 aromatic carbocycles. The average Bonchev–Trinajstić information content (AvgIpc) is 3.35. The van der Waals surface area contributed by atoms with E-state index in [4.69, 9.17) is 0 Å². The Kier molecular flexibility index (Phi) is 7.21. The summed E-state index contributed by atoms with van der Waals surface area (Å²) in [5, 5.41) is 0. The zero-order valence-corrected chi connectivity index (χ0v) is 19.8. The number of benzene rings is 3. The summed E-state index contributed by atoms with van der Waals surface area (Å²) >= 11 is 0. The first-order valence-corrected chi connectivity index (χ1v) is 12.4. The number of likely N-dealkylation sites (tertiary alicyclic amines) is 1. The normalized spacial score (nSPS) is 19.4. The summed E-state index contributed by atoms with van der Waals surface area (Å²) in [5.41, 5.74) is 3.16. The van der Waals surface area contributed by atoms with E-state index in [9.17, 15) is 13.6 Å². The maximum atomic E-state index is 13.6. The third kappa shape index (κ3) is 5.44. The van der Waals surface area contributed by atoms with Crippen LogP contribution in [0.3, 0.4) is 0 Å². The standard InChI is InChI=1S/C29H31F2N3O/c30-25-12-8-23(9-13-25)28(24-10-14-26(31)15-11-24)32-17-19-33(20-18-32)29(35)27-7-4-16-34(27)21-22-5-2-1-3-6-22/h1-3,5-6,8-15,27-28H,4,7,16-21H2/t27-/m0/s1. The highest BCUT2D eigenvalue weighted by atomic mass is 19.1. The second kappa shape index (κ2) is 10.7. The van der Waals surface area contributed by atoms with Gasteiger partial charge in [-0.15, -0.1) is 0 Å². The van der Waals surface area contributed by atoms with Crippen LogP contribution in [0.4, 0.5) is 8.78 Å². The molecular formula is C29H31F2N3O. The van der Waals surface area contributed by atoms with Gasteiger partial charge in [0.15, 0.2) is 0 Å². The first kappa shape index (κ1) is 23.6. The Morgan fingerprint density at radius 2 is 1.34 bits per heavy atom. The van der Waals surface area contributed by atoms with Gasteiger partial charge in [0.05, 0.1) is 12.1 Å². The highest BCUT2D eigenvalue weighted by Gasteiger charge is 2.36. The fraction of sp³-hybridized carbons (Fsp3) is 0.345. The Morgan fingerprint density at radius 3 is 1.91 bits per heavy atom. The van der Waals surface area contributed by atoms with Crippen LogP contribution in [-0.4, -0.2) is 59.4 Å². The van der Waals surface area contributed by atoms with Crippen molar-refractivity contribution in [3.63, 3.8) is 0 Å². The van der Waals surface area contributed by atoms with Crippen LogP contribution in [0.15, 0.2) is 78.9 Å². The third-order valence-corrected chi connectivity index (χ3v) is 7.24. The Hall–Kier alpha value is -3.09. The zero-order chi connectivity index (χ0) is 24.2. The number of rotatable bonds is 6. The number of halogens is 2. The maximum Gasteiger partial charge on any atom is 0.240 e. The fourth-order valence-electron chi connectivity index (χ4n) is 5.43. The van der Waals surface area contributed by atoms with Crippen LogP contribution in [0, 0.1) is 11.6 Å². The summed E-state index contributed by atoms with van der Waals surface area (Å²) in [5.74, 6) is -0.338. The van der Waals surface area contributed by atoms with Crippen LogP contribution < -0.4 is 0 Å². The van der Waals surface area contributed by atoms with Crippen molar-refractivity contribution in [3.8, 4) is 0 Å². The molecular weight excluding hydrogens is 444 g/mol. The molecule has 182 valence electrons. The minimum Gasteiger partial charge on any atom is -0.339 e. The van der Waals surface area contributed by atoms with Crippen molar-refractivity contribution in [2.45, 2.75) is 31.5 Å². The molecule has 0 spiro atoms. The molecule has 0 radical (unpaired) electrons. The summed E-state index contributed by atoms with van der Waals surface area (Å²) < 4.78 is 27.2. The van der Waals surface area contributed by atoms with Gasteiger partial charge in [-0.3, -0.25) is 14.6 Å². The smallest absolute Gasteiger partial charge is 0.240 e. The summed E-state index contributed by atoms with van der Waals surface area (Å²) in [4.78, 5) is 20.1. The SMILES string of the molecule is O=C([C@@H]1CCCN1Cc1ccccc1)N1CCN(C(c2ccc(F)cc2)c2ccc(F)cc2)CC1. The van der Waals surface area contributed by atoms with Gasteiger partial charge in [0.25, 0.3) is 0 Å². The summed E-state index contributed by atoms with van der Waals surface area (Å²) in [6.45, 7) is 4.45. The lowest BCUT2D eigenvalue weighted by atomic mass is 9.96. The molecule has 0 aliphatic carbocycles. The number of amides is 1. The van der Waals surface area contributed by atoms with Gasteiger partial charge in [0.2, 0.25) is 5.91 Å². The molecule has 0 unspecified atom stereocenters. The predicted octanol–water partition coefficient (Wildman–Crippen LogP) is 4.86. The molecule has 6 heteroatoms. The topological polar surface area (TPSA) is 26.8 Å². The Labute approximate surface area is 205 Å². The van der Waals surface area contributed by atoms with Crippen LogP contribution in [0.2, 0.25) is 0 Å². The van der Waals surface area contributed by atoms with E-state index < -0.39 is 0 Å². The highest BCUT2D eigenvalue weighted by molar-refractivity contribution is 5.82. The van der Waals surface area contributed by atoms with Crippen LogP contribution >= 0.6 is 0 Å². The lowest BCUT2D eigenvalue weighted by molar-refractivity contribution is -0.138. The van der Waals surface area contributed by atoms with E-state index >= 15 is 0 Å². The fourth-order valence-corrected chi connectivity index (χ4v) is 5.43. The van der Waals surface area contributed by atoms with Gasteiger partial charge in [-0.2, -0.15) is 0 Å². The van der Waals surface area contributed by atoms with Gasteiger partial charge < -0.3 is 4.90 Å². The number of carbonyl (C=O) groups excluding carboxylic acids is 1. The van der Waals surface area contributed by atoms with E-state index in [-0.39, 0.29) is 29.6 Å². The molecule has 2 aliphatic rings. The van der Waals surface area contributed by atoms with Crippen molar-refractivity contribution in [2.24, 2.45) is 0 Å². The molecule has 0 saturated carbocycles. The second-order valence-electron chi connectivity index (χ2n) is 9.48. The van der Waals surface area contributed by atoms with E-state index in [0.29, 0.717) is 26.2 Å². The minimum atomic E-state index is -0.279. The quantitative estimate of drug-likeness (QED) is 0.509. The van der Waals surface area contributed by atoms with E-state index in [0.717, 1.165) is 37.1 Å². The molecule has 0 N–H and O–H groups in total. The van der Waals surface area contributed by atoms with E-state index in [1.54, 1.807) is 24.3 Å². The maximum absolute atomic E-state index is 13.6. The van der Waals surface area contributed by atoms with Crippen molar-refractivity contribution in [2.75, 3.05) is 32.7 Å². The lowest BCUT2D eigenvalue weighted by Gasteiger charge is -2.41. The largest absolute Gasteiger partial charge is 0.339 e. The molecule has 5 rings (SSSR count). The second-order valence-corrected chi connectivity index (χ2v) is 9.48. The van der Waals surface area contributed by atoms with Gasteiger partial charge in [-0.05, 0) is 60.3 Å². The van der Waals surface area contributed by atoms with Crippen LogP contribution in [0.1, 0.15) is 35.6 Å². The van der Waals surface area contributed by atoms with E-state index in [1.807, 2.05) is 23.1 Å². The van der Waals surface area contributed by atoms with E-state index in [1.165, 1.54) is 29.8 Å². The zero-order valence-electron chi connectivity index (χ0n) is 19.8. The van der Waals surface area contributed by atoms with Crippen molar-refractivity contribution < 1.29 is 13.6 Å². The monoisotopic (exact) mass is 475 g/mol. The Morgan fingerprint density at radius 1 is 0.771 bits per heavy atom. The van der Waals surface area contributed by atoms with Crippen LogP contribution in [-0.2, 0) is 11.3 Å². The molecule has 2 heterocycles. The van der Waals surface area contributed by atoms with Gasteiger partial charge >= 0.3 is 0 Å². The van der Waals surface area contributed by atoms with Gasteiger partial charge in [-0.1, -0.05) is 54.6 Å². The first-order chi connectivity index (χ1) is 17.1. The molecule has 3 aromatic rings. The molecule has 2 aliphatic heterocycles. The summed E-state index contributed by atoms with van der Waals surface area (Å²) in [7, 11) is 0. The molecule has 0 aromatic heterocycles. The molecule has 35 heavy (non-hydrogen) atoms. The number of carbonyl (C=O) groups is 1. The van der Waals surface area contributed by atoms with Crippen molar-refractivity contribution in [1.82, 2.24) is 14.7 Å². The van der Waals surface area contributed by atoms with Gasteiger partial charge in [-0.25, -0.2) is 8.78 Å². The average molecular weight is 476 g/mol. The summed E-state index contributed by atoms with van der Waals surface area (Å²) in [6.07, 6.45) is 1.94. The minimum absolute atomic E-state index is 0.0632. The number of hydrogen-bond acceptors (Lipinski definition) is 3. The third-order valence-electron chi connectivity index (χ3n) is 7.24.